The van der Waals surface area contributed by atoms with Gasteiger partial charge in [0.2, 0.25) is 11.8 Å². The fraction of sp³-hybridized carbons (Fsp3) is 0.250. The smallest absolute Gasteiger partial charge is 0.249 e. The summed E-state index contributed by atoms with van der Waals surface area (Å²) < 4.78 is 5.58. The number of carbonyl (C=O) groups is 2. The molecule has 0 fully saturated rings. The molecule has 0 heterocycles. The Labute approximate surface area is 163 Å². The molecule has 2 aromatic rings. The Kier molecular flexibility index (Phi) is 8.32. The summed E-state index contributed by atoms with van der Waals surface area (Å²) in [5.41, 5.74) is 3.59. The highest BCUT2D eigenvalue weighted by molar-refractivity contribution is 6.33. The van der Waals surface area contributed by atoms with Crippen molar-refractivity contribution in [2.45, 2.75) is 26.2 Å². The molecule has 0 aliphatic carbocycles. The molecule has 6 nitrogen and oxygen atoms in total. The third kappa shape index (κ3) is 7.50. The summed E-state index contributed by atoms with van der Waals surface area (Å²) in [5.74, 6) is -0.194. The maximum Gasteiger partial charge on any atom is 0.249 e. The number of rotatable bonds is 9. The van der Waals surface area contributed by atoms with E-state index in [0.717, 1.165) is 24.2 Å². The molecule has 0 saturated carbocycles. The molecule has 0 aromatic heterocycles. The van der Waals surface area contributed by atoms with Crippen LogP contribution in [0.3, 0.4) is 0 Å². The predicted octanol–water partition coefficient (Wildman–Crippen LogP) is 4.00. The van der Waals surface area contributed by atoms with Gasteiger partial charge >= 0.3 is 0 Å². The van der Waals surface area contributed by atoms with E-state index in [1.165, 1.54) is 6.21 Å². The van der Waals surface area contributed by atoms with Gasteiger partial charge in [-0.15, -0.1) is 0 Å². The molecule has 0 aliphatic rings. The second-order valence-electron chi connectivity index (χ2n) is 5.77. The van der Waals surface area contributed by atoms with E-state index in [1.807, 2.05) is 24.3 Å². The average molecular weight is 388 g/mol. The van der Waals surface area contributed by atoms with Gasteiger partial charge in [-0.05, 0) is 48.4 Å². The first-order chi connectivity index (χ1) is 13.1. The fourth-order valence-electron chi connectivity index (χ4n) is 2.11. The zero-order chi connectivity index (χ0) is 19.5. The first-order valence-corrected chi connectivity index (χ1v) is 9.05. The molecular formula is C20H22ClN3O3. The molecule has 27 heavy (non-hydrogen) atoms. The molecule has 0 atom stereocenters. The van der Waals surface area contributed by atoms with Gasteiger partial charge < -0.3 is 10.1 Å². The number of nitrogens with one attached hydrogen (secondary N) is 2. The van der Waals surface area contributed by atoms with Crippen molar-refractivity contribution >= 4 is 35.3 Å². The van der Waals surface area contributed by atoms with Gasteiger partial charge in [0.05, 0.1) is 23.5 Å². The Hall–Kier alpha value is -2.86. The Morgan fingerprint density at radius 1 is 1.11 bits per heavy atom. The number of unbranched alkanes of at least 4 members (excludes halogenated alkanes) is 1. The van der Waals surface area contributed by atoms with Crippen LogP contribution in [0.25, 0.3) is 0 Å². The second-order valence-corrected chi connectivity index (χ2v) is 6.18. The number of benzene rings is 2. The maximum atomic E-state index is 11.9. The number of hydrazone groups is 1. The zero-order valence-corrected chi connectivity index (χ0v) is 15.8. The van der Waals surface area contributed by atoms with Gasteiger partial charge in [0.15, 0.2) is 0 Å². The summed E-state index contributed by atoms with van der Waals surface area (Å²) >= 11 is 5.96. The van der Waals surface area contributed by atoms with Crippen LogP contribution in [0.2, 0.25) is 5.02 Å². The van der Waals surface area contributed by atoms with Crippen LogP contribution in [0.5, 0.6) is 5.75 Å². The second kappa shape index (κ2) is 11.0. The van der Waals surface area contributed by atoms with E-state index >= 15 is 0 Å². The number of anilines is 1. The molecule has 2 amide bonds. The number of halogens is 1. The lowest BCUT2D eigenvalue weighted by atomic mass is 10.2. The van der Waals surface area contributed by atoms with E-state index < -0.39 is 11.8 Å². The number of ether oxygens (including phenoxy) is 1. The Balaban J connectivity index is 1.76. The van der Waals surface area contributed by atoms with Crippen LogP contribution in [-0.2, 0) is 9.59 Å². The lowest BCUT2D eigenvalue weighted by molar-refractivity contribution is -0.126. The monoisotopic (exact) mass is 387 g/mol. The molecule has 7 heteroatoms. The van der Waals surface area contributed by atoms with Crippen molar-refractivity contribution in [3.05, 3.63) is 59.1 Å². The zero-order valence-electron chi connectivity index (χ0n) is 15.1. The van der Waals surface area contributed by atoms with Gasteiger partial charge in [-0.3, -0.25) is 9.59 Å². The van der Waals surface area contributed by atoms with Gasteiger partial charge in [0.25, 0.3) is 0 Å². The third-order valence-corrected chi connectivity index (χ3v) is 3.85. The SMILES string of the molecule is CCCCOc1ccc(C=NNC(=O)CC(=O)Nc2ccccc2Cl)cc1. The topological polar surface area (TPSA) is 79.8 Å². The Bertz CT molecular complexity index is 791. The molecule has 0 aliphatic heterocycles. The molecule has 2 rings (SSSR count). The quantitative estimate of drug-likeness (QED) is 0.295. The maximum absolute atomic E-state index is 11.9. The highest BCUT2D eigenvalue weighted by atomic mass is 35.5. The molecule has 0 spiro atoms. The summed E-state index contributed by atoms with van der Waals surface area (Å²) in [7, 11) is 0. The highest BCUT2D eigenvalue weighted by Crippen LogP contribution is 2.20. The Morgan fingerprint density at radius 3 is 2.56 bits per heavy atom. The highest BCUT2D eigenvalue weighted by Gasteiger charge is 2.10. The minimum atomic E-state index is -0.518. The van der Waals surface area contributed by atoms with Crippen molar-refractivity contribution in [3.63, 3.8) is 0 Å². The fourth-order valence-corrected chi connectivity index (χ4v) is 2.29. The number of carbonyl (C=O) groups excluding carboxylic acids is 2. The summed E-state index contributed by atoms with van der Waals surface area (Å²) in [6.45, 7) is 2.80. The standard InChI is InChI=1S/C20H22ClN3O3/c1-2-3-12-27-16-10-8-15(9-11-16)14-22-24-20(26)13-19(25)23-18-7-5-4-6-17(18)21/h4-11,14H,2-3,12-13H2,1H3,(H,23,25)(H,24,26). The minimum absolute atomic E-state index is 0.354. The van der Waals surface area contributed by atoms with Crippen molar-refractivity contribution in [1.82, 2.24) is 5.43 Å². The molecule has 0 saturated heterocycles. The van der Waals surface area contributed by atoms with Crippen LogP contribution >= 0.6 is 11.6 Å². The van der Waals surface area contributed by atoms with Crippen LogP contribution in [0, 0.1) is 0 Å². The van der Waals surface area contributed by atoms with Crippen LogP contribution in [-0.4, -0.2) is 24.6 Å². The first-order valence-electron chi connectivity index (χ1n) is 8.67. The van der Waals surface area contributed by atoms with E-state index in [4.69, 9.17) is 16.3 Å². The van der Waals surface area contributed by atoms with Crippen molar-refractivity contribution in [1.29, 1.82) is 0 Å². The third-order valence-electron chi connectivity index (χ3n) is 3.52. The minimum Gasteiger partial charge on any atom is -0.494 e. The molecule has 2 N–H and O–H groups in total. The summed E-state index contributed by atoms with van der Waals surface area (Å²) in [6, 6.07) is 14.2. The van der Waals surface area contributed by atoms with Gasteiger partial charge in [0.1, 0.15) is 12.2 Å². The van der Waals surface area contributed by atoms with Gasteiger partial charge in [-0.1, -0.05) is 37.1 Å². The molecule has 2 aromatic carbocycles. The van der Waals surface area contributed by atoms with E-state index in [0.29, 0.717) is 17.3 Å². The van der Waals surface area contributed by atoms with Crippen molar-refractivity contribution < 1.29 is 14.3 Å². The van der Waals surface area contributed by atoms with Crippen molar-refractivity contribution in [2.75, 3.05) is 11.9 Å². The van der Waals surface area contributed by atoms with Gasteiger partial charge in [-0.2, -0.15) is 5.10 Å². The van der Waals surface area contributed by atoms with Gasteiger partial charge in [0, 0.05) is 0 Å². The molecule has 0 radical (unpaired) electrons. The van der Waals surface area contributed by atoms with Crippen molar-refractivity contribution in [2.24, 2.45) is 5.10 Å². The number of para-hydroxylation sites is 1. The molecule has 142 valence electrons. The van der Waals surface area contributed by atoms with Crippen LogP contribution in [0.15, 0.2) is 53.6 Å². The normalized spacial score (nSPS) is 10.6. The van der Waals surface area contributed by atoms with Gasteiger partial charge in [-0.25, -0.2) is 5.43 Å². The van der Waals surface area contributed by atoms with Crippen LogP contribution < -0.4 is 15.5 Å². The lowest BCUT2D eigenvalue weighted by Gasteiger charge is -2.06. The number of nitrogens with zero attached hydrogens (tertiary/aromatic N) is 1. The van der Waals surface area contributed by atoms with Crippen LogP contribution in [0.1, 0.15) is 31.7 Å². The molecule has 0 bridgehead atoms. The number of hydrogen-bond acceptors (Lipinski definition) is 4. The molecular weight excluding hydrogens is 366 g/mol. The lowest BCUT2D eigenvalue weighted by Crippen LogP contribution is -2.24. The van der Waals surface area contributed by atoms with E-state index in [-0.39, 0.29) is 6.42 Å². The van der Waals surface area contributed by atoms with E-state index in [9.17, 15) is 9.59 Å². The molecule has 0 unspecified atom stereocenters. The Morgan fingerprint density at radius 2 is 1.85 bits per heavy atom. The largest absolute Gasteiger partial charge is 0.494 e. The van der Waals surface area contributed by atoms with E-state index in [2.05, 4.69) is 22.8 Å². The average Bonchev–Trinajstić information content (AvgIpc) is 2.65. The first kappa shape index (κ1) is 20.5. The predicted molar refractivity (Wildman–Crippen MR) is 107 cm³/mol. The van der Waals surface area contributed by atoms with Crippen LogP contribution in [0.4, 0.5) is 5.69 Å². The van der Waals surface area contributed by atoms with E-state index in [1.54, 1.807) is 24.3 Å². The summed E-state index contributed by atoms with van der Waals surface area (Å²) in [5, 5.41) is 6.84. The number of amides is 2. The summed E-state index contributed by atoms with van der Waals surface area (Å²) in [4.78, 5) is 23.6. The summed E-state index contributed by atoms with van der Waals surface area (Å²) in [6.07, 6.45) is 3.24. The number of hydrogen-bond donors (Lipinski definition) is 2. The van der Waals surface area contributed by atoms with Crippen molar-refractivity contribution in [3.8, 4) is 5.75 Å².